The Kier molecular flexibility index (Phi) is 4.57. The number of likely N-dealkylation sites (tertiary alicyclic amines) is 1. The molecule has 6 heteroatoms. The quantitative estimate of drug-likeness (QED) is 0.918. The summed E-state index contributed by atoms with van der Waals surface area (Å²) < 4.78 is 5.47. The zero-order chi connectivity index (χ0) is 14.7. The molecule has 2 fully saturated rings. The molecule has 0 aliphatic carbocycles. The van der Waals surface area contributed by atoms with Gasteiger partial charge in [-0.2, -0.15) is 0 Å². The molecule has 21 heavy (non-hydrogen) atoms. The number of carbonyl (C=O) groups is 1. The lowest BCUT2D eigenvalue weighted by Crippen LogP contribution is -2.54. The highest BCUT2D eigenvalue weighted by atomic mass is 32.1. The van der Waals surface area contributed by atoms with Crippen LogP contribution in [-0.2, 0) is 16.0 Å². The van der Waals surface area contributed by atoms with Gasteiger partial charge in [-0.05, 0) is 31.1 Å². The monoisotopic (exact) mass is 310 g/mol. The first-order chi connectivity index (χ1) is 10.2. The number of hydrogen-bond acceptors (Lipinski definition) is 5. The summed E-state index contributed by atoms with van der Waals surface area (Å²) >= 11 is 1.51. The van der Waals surface area contributed by atoms with E-state index in [-0.39, 0.29) is 24.0 Å². The third kappa shape index (κ3) is 3.27. The second-order valence-corrected chi connectivity index (χ2v) is 6.88. The third-order valence-electron chi connectivity index (χ3n) is 4.85. The number of rotatable bonds is 3. The van der Waals surface area contributed by atoms with Crippen LogP contribution in [0.15, 0.2) is 10.9 Å². The van der Waals surface area contributed by atoms with Crippen molar-refractivity contribution in [1.29, 1.82) is 0 Å². The second kappa shape index (κ2) is 6.42. The maximum Gasteiger partial charge on any atom is 0.228 e. The van der Waals surface area contributed by atoms with E-state index in [1.165, 1.54) is 11.3 Å². The molecule has 0 bridgehead atoms. The number of ether oxygens (including phenoxy) is 1. The molecule has 3 rings (SSSR count). The van der Waals surface area contributed by atoms with E-state index in [0.29, 0.717) is 6.42 Å². The topological polar surface area (TPSA) is 62.7 Å². The highest BCUT2D eigenvalue weighted by molar-refractivity contribution is 7.07. The van der Waals surface area contributed by atoms with Gasteiger partial charge in [0.05, 0.1) is 30.3 Å². The molecule has 1 aromatic heterocycles. The van der Waals surface area contributed by atoms with Gasteiger partial charge in [0.1, 0.15) is 0 Å². The largest absolute Gasteiger partial charge is 0.394 e. The second-order valence-electron chi connectivity index (χ2n) is 6.17. The third-order valence-corrected chi connectivity index (χ3v) is 5.49. The number of piperidine rings is 1. The Bertz CT molecular complexity index is 471. The number of amides is 1. The summed E-state index contributed by atoms with van der Waals surface area (Å²) in [6.07, 6.45) is 4.35. The summed E-state index contributed by atoms with van der Waals surface area (Å²) in [5.41, 5.74) is 2.78. The predicted octanol–water partition coefficient (Wildman–Crippen LogP) is 1.47. The number of aliphatic hydroxyl groups is 1. The fraction of sp³-hybridized carbons (Fsp3) is 0.733. The van der Waals surface area contributed by atoms with Gasteiger partial charge in [0.2, 0.25) is 5.91 Å². The molecule has 0 aromatic carbocycles. The van der Waals surface area contributed by atoms with Crippen LogP contribution in [0.25, 0.3) is 0 Å². The standard InChI is InChI=1S/C15H22N2O3S/c18-8-13-1-2-15(3-5-20-6-4-15)10-17(13)14(19)7-12-9-21-11-16-12/h9,11,13,18H,1-8,10H2/t13-/m1/s1. The zero-order valence-corrected chi connectivity index (χ0v) is 13.0. The average molecular weight is 310 g/mol. The Balaban J connectivity index is 1.71. The summed E-state index contributed by atoms with van der Waals surface area (Å²) in [7, 11) is 0. The molecule has 0 saturated carbocycles. The summed E-state index contributed by atoms with van der Waals surface area (Å²) in [4.78, 5) is 18.7. The van der Waals surface area contributed by atoms with Crippen molar-refractivity contribution < 1.29 is 14.6 Å². The molecule has 0 radical (unpaired) electrons. The first kappa shape index (κ1) is 14.9. The van der Waals surface area contributed by atoms with Crippen LogP contribution in [0.4, 0.5) is 0 Å². The van der Waals surface area contributed by atoms with Gasteiger partial charge in [-0.1, -0.05) is 0 Å². The lowest BCUT2D eigenvalue weighted by molar-refractivity contribution is -0.142. The van der Waals surface area contributed by atoms with Crippen molar-refractivity contribution in [1.82, 2.24) is 9.88 Å². The minimum atomic E-state index is -0.0374. The van der Waals surface area contributed by atoms with Crippen LogP contribution >= 0.6 is 11.3 Å². The van der Waals surface area contributed by atoms with Crippen LogP contribution in [-0.4, -0.2) is 53.3 Å². The molecule has 1 spiro atoms. The van der Waals surface area contributed by atoms with Gasteiger partial charge in [0.25, 0.3) is 0 Å². The number of aromatic nitrogens is 1. The molecule has 2 saturated heterocycles. The van der Waals surface area contributed by atoms with Crippen molar-refractivity contribution in [2.75, 3.05) is 26.4 Å². The number of aliphatic hydroxyl groups excluding tert-OH is 1. The van der Waals surface area contributed by atoms with E-state index in [9.17, 15) is 9.90 Å². The van der Waals surface area contributed by atoms with Gasteiger partial charge in [-0.15, -0.1) is 11.3 Å². The highest BCUT2D eigenvalue weighted by Gasteiger charge is 2.42. The van der Waals surface area contributed by atoms with E-state index < -0.39 is 0 Å². The summed E-state index contributed by atoms with van der Waals surface area (Å²) in [6.45, 7) is 2.38. The molecule has 1 N–H and O–H groups in total. The van der Waals surface area contributed by atoms with E-state index >= 15 is 0 Å². The minimum absolute atomic E-state index is 0.0374. The fourth-order valence-electron chi connectivity index (χ4n) is 3.47. The Morgan fingerprint density at radius 1 is 1.48 bits per heavy atom. The van der Waals surface area contributed by atoms with Gasteiger partial charge >= 0.3 is 0 Å². The molecule has 1 atom stereocenters. The smallest absolute Gasteiger partial charge is 0.228 e. The molecular formula is C15H22N2O3S. The Morgan fingerprint density at radius 3 is 2.95 bits per heavy atom. The summed E-state index contributed by atoms with van der Waals surface area (Å²) in [5, 5.41) is 11.5. The van der Waals surface area contributed by atoms with Gasteiger partial charge < -0.3 is 14.7 Å². The van der Waals surface area contributed by atoms with Crippen molar-refractivity contribution in [3.8, 4) is 0 Å². The number of carbonyl (C=O) groups excluding carboxylic acids is 1. The van der Waals surface area contributed by atoms with E-state index in [0.717, 1.165) is 51.1 Å². The Morgan fingerprint density at radius 2 is 2.29 bits per heavy atom. The van der Waals surface area contributed by atoms with Crippen molar-refractivity contribution in [2.45, 2.75) is 38.1 Å². The minimum Gasteiger partial charge on any atom is -0.394 e. The van der Waals surface area contributed by atoms with Crippen LogP contribution in [0.1, 0.15) is 31.4 Å². The van der Waals surface area contributed by atoms with E-state index in [4.69, 9.17) is 4.74 Å². The van der Waals surface area contributed by atoms with Crippen LogP contribution in [0.2, 0.25) is 0 Å². The zero-order valence-electron chi connectivity index (χ0n) is 12.2. The Hall–Kier alpha value is -0.980. The average Bonchev–Trinajstić information content (AvgIpc) is 3.01. The normalized spacial score (nSPS) is 25.2. The molecule has 2 aliphatic rings. The lowest BCUT2D eigenvalue weighted by atomic mass is 9.72. The maximum atomic E-state index is 12.6. The highest BCUT2D eigenvalue weighted by Crippen LogP contribution is 2.41. The van der Waals surface area contributed by atoms with E-state index in [1.807, 2.05) is 10.3 Å². The number of nitrogens with zero attached hydrogens (tertiary/aromatic N) is 2. The first-order valence-electron chi connectivity index (χ1n) is 7.58. The Labute approximate surface area is 128 Å². The van der Waals surface area contributed by atoms with Crippen LogP contribution in [0, 0.1) is 5.41 Å². The molecule has 1 aromatic rings. The molecule has 3 heterocycles. The van der Waals surface area contributed by atoms with Gasteiger partial charge in [0.15, 0.2) is 0 Å². The van der Waals surface area contributed by atoms with Crippen LogP contribution < -0.4 is 0 Å². The molecule has 116 valence electrons. The van der Waals surface area contributed by atoms with Gasteiger partial charge in [-0.25, -0.2) is 4.98 Å². The van der Waals surface area contributed by atoms with Crippen molar-refractivity contribution in [3.05, 3.63) is 16.6 Å². The first-order valence-corrected chi connectivity index (χ1v) is 8.52. The molecule has 2 aliphatic heterocycles. The molecule has 0 unspecified atom stereocenters. The van der Waals surface area contributed by atoms with E-state index in [1.54, 1.807) is 5.51 Å². The molecule has 5 nitrogen and oxygen atoms in total. The van der Waals surface area contributed by atoms with Crippen molar-refractivity contribution in [3.63, 3.8) is 0 Å². The fourth-order valence-corrected chi connectivity index (χ4v) is 4.03. The van der Waals surface area contributed by atoms with Gasteiger partial charge in [-0.3, -0.25) is 4.79 Å². The predicted molar refractivity (Wildman–Crippen MR) is 80.1 cm³/mol. The van der Waals surface area contributed by atoms with Crippen LogP contribution in [0.5, 0.6) is 0 Å². The molecule has 1 amide bonds. The van der Waals surface area contributed by atoms with Crippen molar-refractivity contribution >= 4 is 17.2 Å². The van der Waals surface area contributed by atoms with Gasteiger partial charge in [0, 0.05) is 25.1 Å². The summed E-state index contributed by atoms with van der Waals surface area (Å²) in [6, 6.07) is -0.0374. The SMILES string of the molecule is O=C(Cc1cscn1)N1CC2(CCOCC2)CC[C@@H]1CO. The lowest BCUT2D eigenvalue weighted by Gasteiger charge is -2.48. The van der Waals surface area contributed by atoms with E-state index in [2.05, 4.69) is 4.98 Å². The summed E-state index contributed by atoms with van der Waals surface area (Å²) in [5.74, 6) is 0.0884. The molecular weight excluding hydrogens is 288 g/mol. The van der Waals surface area contributed by atoms with Crippen molar-refractivity contribution in [2.24, 2.45) is 5.41 Å². The number of hydrogen-bond donors (Lipinski definition) is 1. The maximum absolute atomic E-state index is 12.6. The van der Waals surface area contributed by atoms with Crippen LogP contribution in [0.3, 0.4) is 0 Å². The number of thiazole rings is 1.